The molecule has 1 fully saturated rings. The van der Waals surface area contributed by atoms with Crippen LogP contribution >= 0.6 is 0 Å². The Morgan fingerprint density at radius 3 is 2.72 bits per heavy atom. The number of nitrogens with one attached hydrogen (secondary N) is 1. The smallest absolute Gasteiger partial charge is 0.235 e. The van der Waals surface area contributed by atoms with Gasteiger partial charge in [-0.3, -0.25) is 9.52 Å². The number of carbonyl (C=O) groups is 1. The van der Waals surface area contributed by atoms with Crippen molar-refractivity contribution in [3.05, 3.63) is 36.9 Å². The molecule has 0 heterocycles. The highest BCUT2D eigenvalue weighted by Gasteiger charge is 2.41. The zero-order chi connectivity index (χ0) is 13.3. The second kappa shape index (κ2) is 4.49. The van der Waals surface area contributed by atoms with E-state index in [0.717, 1.165) is 6.42 Å². The molecule has 0 spiro atoms. The molecule has 1 saturated carbocycles. The first kappa shape index (κ1) is 12.7. The van der Waals surface area contributed by atoms with Crippen LogP contribution in [0, 0.1) is 11.8 Å². The Balaban J connectivity index is 2.16. The van der Waals surface area contributed by atoms with Crippen LogP contribution in [-0.2, 0) is 14.5 Å². The second-order valence-corrected chi connectivity index (χ2v) is 6.42. The van der Waals surface area contributed by atoms with E-state index in [0.29, 0.717) is 10.6 Å². The van der Waals surface area contributed by atoms with Gasteiger partial charge in [0.15, 0.2) is 0 Å². The predicted molar refractivity (Wildman–Crippen MR) is 74.3 cm³/mol. The number of amides is 1. The van der Waals surface area contributed by atoms with Gasteiger partial charge in [-0.05, 0) is 30.3 Å². The summed E-state index contributed by atoms with van der Waals surface area (Å²) in [4.78, 5) is 12.2. The summed E-state index contributed by atoms with van der Waals surface area (Å²) in [6.07, 6.45) is 2.50. The lowest BCUT2D eigenvalue weighted by molar-refractivity contribution is -0.120. The summed E-state index contributed by atoms with van der Waals surface area (Å²) in [6.45, 7) is 3.64. The van der Waals surface area contributed by atoms with Gasteiger partial charge in [-0.25, -0.2) is 4.21 Å². The van der Waals surface area contributed by atoms with Crippen molar-refractivity contribution >= 4 is 27.2 Å². The van der Waals surface area contributed by atoms with Crippen molar-refractivity contribution in [3.63, 3.8) is 0 Å². The van der Waals surface area contributed by atoms with E-state index in [1.54, 1.807) is 30.3 Å². The zero-order valence-electron chi connectivity index (χ0n) is 9.96. The Labute approximate surface area is 107 Å². The fourth-order valence-corrected chi connectivity index (χ4v) is 3.18. The third-order valence-corrected chi connectivity index (χ3v) is 4.63. The molecular weight excluding hydrogens is 248 g/mol. The number of nitrogens with two attached hydrogens (primary N) is 1. The first-order valence-electron chi connectivity index (χ1n) is 5.61. The molecule has 0 bridgehead atoms. The van der Waals surface area contributed by atoms with Gasteiger partial charge in [0.05, 0.1) is 14.6 Å². The van der Waals surface area contributed by atoms with Crippen LogP contribution in [0.25, 0.3) is 0 Å². The van der Waals surface area contributed by atoms with Crippen LogP contribution in [0.1, 0.15) is 6.42 Å². The Hall–Kier alpha value is -1.75. The minimum atomic E-state index is -2.89. The number of anilines is 1. The SMILES string of the molecule is C=C[C@@H]1C[C@@H]1C(=O)NS(=C)(=O)c1ccccc1N. The summed E-state index contributed by atoms with van der Waals surface area (Å²) in [6, 6.07) is 6.70. The first-order valence-corrected chi connectivity index (χ1v) is 7.34. The average Bonchev–Trinajstić information content (AvgIpc) is 3.08. The van der Waals surface area contributed by atoms with E-state index in [2.05, 4.69) is 17.2 Å². The number of para-hydroxylation sites is 1. The Morgan fingerprint density at radius 1 is 1.50 bits per heavy atom. The van der Waals surface area contributed by atoms with Crippen LogP contribution in [0.3, 0.4) is 0 Å². The number of benzene rings is 1. The molecule has 1 amide bonds. The van der Waals surface area contributed by atoms with E-state index < -0.39 is 9.71 Å². The van der Waals surface area contributed by atoms with Crippen molar-refractivity contribution < 1.29 is 9.00 Å². The van der Waals surface area contributed by atoms with Crippen molar-refractivity contribution in [2.45, 2.75) is 11.3 Å². The van der Waals surface area contributed by atoms with E-state index in [-0.39, 0.29) is 17.7 Å². The molecule has 0 saturated heterocycles. The maximum Gasteiger partial charge on any atom is 0.235 e. The molecule has 1 aliphatic rings. The van der Waals surface area contributed by atoms with Crippen LogP contribution in [0.4, 0.5) is 5.69 Å². The summed E-state index contributed by atoms with van der Waals surface area (Å²) in [5, 5.41) is 0. The third kappa shape index (κ3) is 2.41. The number of nitrogen functional groups attached to an aromatic ring is 1. The highest BCUT2D eigenvalue weighted by atomic mass is 32.2. The molecule has 3 atom stereocenters. The Kier molecular flexibility index (Phi) is 3.17. The minimum absolute atomic E-state index is 0.130. The molecule has 1 unspecified atom stereocenters. The van der Waals surface area contributed by atoms with Gasteiger partial charge in [-0.2, -0.15) is 0 Å². The van der Waals surface area contributed by atoms with E-state index in [1.165, 1.54) is 0 Å². The van der Waals surface area contributed by atoms with E-state index in [1.807, 2.05) is 0 Å². The maximum absolute atomic E-state index is 12.4. The van der Waals surface area contributed by atoms with Gasteiger partial charge in [0.25, 0.3) is 0 Å². The molecule has 3 N–H and O–H groups in total. The third-order valence-electron chi connectivity index (χ3n) is 3.02. The number of allylic oxidation sites excluding steroid dienone is 1. The van der Waals surface area contributed by atoms with Gasteiger partial charge in [-0.1, -0.05) is 18.2 Å². The highest BCUT2D eigenvalue weighted by molar-refractivity contribution is 7.99. The molecule has 0 aromatic heterocycles. The lowest BCUT2D eigenvalue weighted by atomic mass is 10.3. The summed E-state index contributed by atoms with van der Waals surface area (Å²) in [5.41, 5.74) is 6.11. The Bertz CT molecular complexity index is 593. The molecule has 1 aromatic carbocycles. The molecule has 2 rings (SSSR count). The summed E-state index contributed by atoms with van der Waals surface area (Å²) in [5.74, 6) is 3.40. The van der Waals surface area contributed by atoms with Crippen LogP contribution in [0.2, 0.25) is 0 Å². The molecule has 5 heteroatoms. The van der Waals surface area contributed by atoms with Gasteiger partial charge in [0, 0.05) is 11.6 Å². The Morgan fingerprint density at radius 2 is 2.17 bits per heavy atom. The van der Waals surface area contributed by atoms with Crippen molar-refractivity contribution in [2.24, 2.45) is 11.8 Å². The van der Waals surface area contributed by atoms with E-state index in [9.17, 15) is 9.00 Å². The lowest BCUT2D eigenvalue weighted by Crippen LogP contribution is -2.32. The molecule has 1 aliphatic carbocycles. The largest absolute Gasteiger partial charge is 0.398 e. The fourth-order valence-electron chi connectivity index (χ4n) is 1.85. The number of carbonyl (C=O) groups excluding carboxylic acids is 1. The molecule has 0 radical (unpaired) electrons. The van der Waals surface area contributed by atoms with Gasteiger partial charge in [0.1, 0.15) is 0 Å². The normalized spacial score (nSPS) is 24.9. The van der Waals surface area contributed by atoms with Crippen molar-refractivity contribution in [2.75, 3.05) is 5.73 Å². The highest BCUT2D eigenvalue weighted by Crippen LogP contribution is 2.39. The maximum atomic E-state index is 12.4. The van der Waals surface area contributed by atoms with Crippen LogP contribution in [0.5, 0.6) is 0 Å². The molecule has 4 nitrogen and oxygen atoms in total. The van der Waals surface area contributed by atoms with Gasteiger partial charge >= 0.3 is 0 Å². The van der Waals surface area contributed by atoms with Crippen LogP contribution < -0.4 is 10.5 Å². The van der Waals surface area contributed by atoms with Crippen LogP contribution in [-0.4, -0.2) is 16.0 Å². The summed E-state index contributed by atoms with van der Waals surface area (Å²) in [7, 11) is -2.89. The van der Waals surface area contributed by atoms with Crippen molar-refractivity contribution in [1.82, 2.24) is 4.72 Å². The minimum Gasteiger partial charge on any atom is -0.398 e. The standard InChI is InChI=1S/C13H16N2O2S/c1-3-9-8-10(9)13(16)15-18(2,17)12-7-5-4-6-11(12)14/h3-7,9-10H,1-2,8,14H2,(H,15,16,17)/t9-,10+,18?/m1/s1. The van der Waals surface area contributed by atoms with E-state index >= 15 is 0 Å². The predicted octanol–water partition coefficient (Wildman–Crippen LogP) is 1.20. The van der Waals surface area contributed by atoms with Crippen LogP contribution in [0.15, 0.2) is 41.8 Å². The van der Waals surface area contributed by atoms with Gasteiger partial charge < -0.3 is 5.73 Å². The first-order chi connectivity index (χ1) is 8.45. The van der Waals surface area contributed by atoms with Crippen molar-refractivity contribution in [3.8, 4) is 0 Å². The molecular formula is C13H16N2O2S. The molecule has 96 valence electrons. The quantitative estimate of drug-likeness (QED) is 0.487. The summed E-state index contributed by atoms with van der Waals surface area (Å²) < 4.78 is 14.9. The molecule has 0 aliphatic heterocycles. The lowest BCUT2D eigenvalue weighted by Gasteiger charge is -2.13. The number of hydrogen-bond acceptors (Lipinski definition) is 3. The second-order valence-electron chi connectivity index (χ2n) is 4.42. The zero-order valence-corrected chi connectivity index (χ0v) is 10.8. The van der Waals surface area contributed by atoms with E-state index in [4.69, 9.17) is 5.73 Å². The van der Waals surface area contributed by atoms with Crippen molar-refractivity contribution in [1.29, 1.82) is 0 Å². The molecule has 18 heavy (non-hydrogen) atoms. The number of rotatable bonds is 4. The van der Waals surface area contributed by atoms with Gasteiger partial charge in [-0.15, -0.1) is 6.58 Å². The average molecular weight is 264 g/mol. The topological polar surface area (TPSA) is 72.2 Å². The number of hydrogen-bond donors (Lipinski definition) is 2. The molecule has 1 aromatic rings. The van der Waals surface area contributed by atoms with Gasteiger partial charge in [0.2, 0.25) is 5.91 Å². The fraction of sp³-hybridized carbons (Fsp3) is 0.231. The summed E-state index contributed by atoms with van der Waals surface area (Å²) >= 11 is 0. The monoisotopic (exact) mass is 264 g/mol.